The maximum absolute atomic E-state index is 10.1. The summed E-state index contributed by atoms with van der Waals surface area (Å²) in [5.41, 5.74) is 3.45. The summed E-state index contributed by atoms with van der Waals surface area (Å²) in [5, 5.41) is 19.6. The number of phenols is 2. The Kier molecular flexibility index (Phi) is 133. The van der Waals surface area contributed by atoms with Crippen LogP contribution in [-0.4, -0.2) is 60.2 Å². The van der Waals surface area contributed by atoms with Gasteiger partial charge in [-0.15, -0.1) is 34.9 Å². The Morgan fingerprint density at radius 2 is 0.930 bits per heavy atom. The van der Waals surface area contributed by atoms with Crippen molar-refractivity contribution in [1.29, 1.82) is 0 Å². The summed E-state index contributed by atoms with van der Waals surface area (Å²) in [4.78, 5) is 19.8. The molecule has 0 spiro atoms. The third kappa shape index (κ3) is 92.3. The third-order valence-electron chi connectivity index (χ3n) is 6.12. The Morgan fingerprint density at radius 3 is 1.08 bits per heavy atom. The van der Waals surface area contributed by atoms with E-state index in [0.717, 1.165) is 43.6 Å². The normalized spacial score (nSPS) is 9.15. The Hall–Kier alpha value is 2.53. The van der Waals surface area contributed by atoms with Crippen molar-refractivity contribution in [3.8, 4) is 11.5 Å². The first-order valence-electron chi connectivity index (χ1n) is 18.3. The fourth-order valence-electron chi connectivity index (χ4n) is 3.25. The number of hydrogen-bond donors (Lipinski definition) is 2. The van der Waals surface area contributed by atoms with Gasteiger partial charge in [0.15, 0.2) is 0 Å². The van der Waals surface area contributed by atoms with Crippen LogP contribution in [0, 0.1) is 38.1 Å². The molecule has 5 radical (unpaired) electrons. The number of carbonyl (C=O) groups excluding carboxylic acids is 2. The number of aromatic hydroxyl groups is 2. The van der Waals surface area contributed by atoms with Crippen molar-refractivity contribution in [3.63, 3.8) is 0 Å². The number of phenolic OH excluding ortho intramolecular Hbond substituents is 2. The van der Waals surface area contributed by atoms with Gasteiger partial charge < -0.3 is 49.7 Å². The van der Waals surface area contributed by atoms with Gasteiger partial charge in [-0.2, -0.15) is 102 Å². The molecule has 21 heteroatoms. The van der Waals surface area contributed by atoms with Gasteiger partial charge >= 0.3 is 64.9 Å². The van der Waals surface area contributed by atoms with E-state index in [0.29, 0.717) is 17.4 Å². The van der Waals surface area contributed by atoms with Crippen LogP contribution in [0.4, 0.5) is 0 Å². The molecule has 6 N–H and O–H groups in total. The molecule has 0 aliphatic carbocycles. The molecule has 0 saturated carbocycles. The van der Waals surface area contributed by atoms with Crippen molar-refractivity contribution in [3.05, 3.63) is 170 Å². The molecule has 395 valence electrons. The van der Waals surface area contributed by atoms with Gasteiger partial charge in [-0.3, -0.25) is 0 Å². The quantitative estimate of drug-likeness (QED) is 0.0630. The van der Waals surface area contributed by atoms with E-state index in [9.17, 15) is 9.59 Å². The minimum atomic E-state index is -0.278. The number of allylic oxidation sites excluding steroid dienone is 2. The SMILES string of the molecule is C.C.C.C.C1=COCCC1.C1=COCCC1.C=COCC.C=COCC.Cc1[c-]cc(C=O)cc1.Cc1[c-]cc(P)cc1.O.O.O=Cc1c[c-]c(O)cc1.Oc1[c-]cc(P)cc1.[I][V]([I])[I].[V].[Y].[Y].[Y].[Y]. The molecule has 71 heavy (non-hydrogen) atoms. The van der Waals surface area contributed by atoms with E-state index in [4.69, 9.17) is 19.7 Å². The van der Waals surface area contributed by atoms with E-state index >= 15 is 0 Å². The van der Waals surface area contributed by atoms with Crippen LogP contribution >= 0.6 is 78.4 Å². The predicted octanol–water partition coefficient (Wildman–Crippen LogP) is 13.1. The molecule has 10 nitrogen and oxygen atoms in total. The minimum Gasteiger partial charge on any atom is 0 e. The molecule has 0 amide bonds. The van der Waals surface area contributed by atoms with Crippen molar-refractivity contribution in [2.75, 3.05) is 26.4 Å². The summed E-state index contributed by atoms with van der Waals surface area (Å²) in [7, 11) is 5.13. The van der Waals surface area contributed by atoms with Crippen molar-refractivity contribution in [2.24, 2.45) is 0 Å². The van der Waals surface area contributed by atoms with Crippen LogP contribution in [0.15, 0.2) is 123 Å². The number of carbonyl (C=O) groups is 2. The standard InChI is InChI=1S/C8H7O.C7H5O2.C7H8P.C6H6OP.2C5H8O.2C4H8O.4CH4.3HI.2H2O.2V.4Y/c1-7-2-4-8(6-9)5-3-7;8-5-6-1-3-7(9)4-2-6;1-6-2-4-7(8)5-3-6;7-5-1-3-6(8)4-2-5;2*1-2-4-6-5-3-1;2*1-3-5-4-2;;;;;;;;;;;;;;;/h2,4-6H,1H3;1-3,5,9H;2,4-5H,8H2,1H3;1,3-4,7H,8H2;2*2,4H,1,3,5H2;2*3H,1,4H2,2H3;4*1H4;3*1H;2*1H2;;;;;;/q4*-1;;;;;;;;;;;;;;;+3;;;;/p-3. The summed E-state index contributed by atoms with van der Waals surface area (Å²) in [6, 6.07) is 32.0. The molecule has 2 atom stereocenters. The number of halogens is 3. The molecule has 2 aliphatic heterocycles. The Bertz CT molecular complexity index is 1500. The fraction of sp³-hybridized carbons (Fsp3) is 0.320. The van der Waals surface area contributed by atoms with E-state index in [1.54, 1.807) is 42.9 Å². The zero-order valence-corrected chi connectivity index (χ0v) is 61.4. The van der Waals surface area contributed by atoms with E-state index in [-0.39, 0.29) is 206 Å². The summed E-state index contributed by atoms with van der Waals surface area (Å²) in [5.74, 6) is 0.247. The van der Waals surface area contributed by atoms with Gasteiger partial charge in [0.1, 0.15) is 0 Å². The topological polar surface area (TPSA) is 175 Å². The molecule has 2 aliphatic rings. The van der Waals surface area contributed by atoms with E-state index in [2.05, 4.69) is 131 Å². The predicted molar refractivity (Wildman–Crippen MR) is 312 cm³/mol. The Balaban J connectivity index is -0.0000000425. The number of aldehydes is 2. The van der Waals surface area contributed by atoms with Crippen LogP contribution < -0.4 is 10.6 Å². The zero-order valence-electron chi connectivity index (χ0n) is 38.5. The van der Waals surface area contributed by atoms with Crippen molar-refractivity contribution in [1.82, 2.24) is 0 Å². The summed E-state index contributed by atoms with van der Waals surface area (Å²) in [6.45, 7) is 17.7. The van der Waals surface area contributed by atoms with Gasteiger partial charge in [0.05, 0.1) is 64.0 Å². The monoisotopic (exact) mass is 1740 g/mol. The smallest absolute Gasteiger partial charge is 0 e. The van der Waals surface area contributed by atoms with Gasteiger partial charge in [0.2, 0.25) is 0 Å². The van der Waals surface area contributed by atoms with Gasteiger partial charge in [-0.25, -0.2) is 0 Å². The number of rotatable bonds is 6. The van der Waals surface area contributed by atoms with Crippen molar-refractivity contribution < 1.29 is 204 Å². The average Bonchev–Trinajstić information content (AvgIpc) is 3.27. The summed E-state index contributed by atoms with van der Waals surface area (Å²) in [6.07, 6.45) is 16.8. The number of aryl methyl sites for hydroxylation is 2. The number of benzene rings is 4. The summed E-state index contributed by atoms with van der Waals surface area (Å²) < 4.78 is 19.0. The molecule has 2 heterocycles. The maximum atomic E-state index is 10.1. The van der Waals surface area contributed by atoms with Crippen LogP contribution in [0.25, 0.3) is 0 Å². The molecule has 0 bridgehead atoms. The largest absolute Gasteiger partial charge is 0 e. The summed E-state index contributed by atoms with van der Waals surface area (Å²) >= 11 is 7.39. The second-order valence-electron chi connectivity index (χ2n) is 11.1. The fourth-order valence-corrected chi connectivity index (χ4v) is 3.61. The Labute approximate surface area is 586 Å². The molecule has 0 aromatic heterocycles. The first kappa shape index (κ1) is 109. The first-order chi connectivity index (χ1) is 28.8. The molecule has 4 aromatic rings. The van der Waals surface area contributed by atoms with Crippen molar-refractivity contribution in [2.45, 2.75) is 83.1 Å². The minimum absolute atomic E-state index is 0. The van der Waals surface area contributed by atoms with Gasteiger partial charge in [-0.05, 0) is 51.7 Å². The molecular formula is C50H78I3O10P2V2Y4-4. The zero-order chi connectivity index (χ0) is 45.7. The van der Waals surface area contributed by atoms with E-state index < -0.39 is 0 Å². The molecular weight excluding hydrogens is 1660 g/mol. The average molecular weight is 1740 g/mol. The van der Waals surface area contributed by atoms with Gasteiger partial charge in [0.25, 0.3) is 0 Å². The van der Waals surface area contributed by atoms with Crippen LogP contribution in [0.3, 0.4) is 0 Å². The molecule has 0 fully saturated rings. The maximum Gasteiger partial charge on any atom is 0 e. The number of ether oxygens (including phenoxy) is 4. The second kappa shape index (κ2) is 86.4. The third-order valence-corrected chi connectivity index (χ3v) is 6.84. The molecule has 6 rings (SSSR count). The second-order valence-corrected chi connectivity index (χ2v) is 47.8. The van der Waals surface area contributed by atoms with Crippen LogP contribution in [0.2, 0.25) is 0 Å². The first-order valence-corrected chi connectivity index (χ1v) is 33.0. The molecule has 4 aromatic carbocycles. The molecule has 0 saturated heterocycles. The molecule has 2 unspecified atom stereocenters. The van der Waals surface area contributed by atoms with E-state index in [1.165, 1.54) is 67.3 Å². The van der Waals surface area contributed by atoms with Crippen LogP contribution in [0.1, 0.15) is 101 Å². The van der Waals surface area contributed by atoms with Gasteiger partial charge in [0, 0.05) is 161 Å². The van der Waals surface area contributed by atoms with E-state index in [1.807, 2.05) is 58.0 Å². The van der Waals surface area contributed by atoms with Crippen molar-refractivity contribution >= 4 is 102 Å². The number of hydrogen-bond acceptors (Lipinski definition) is 8. The Morgan fingerprint density at radius 1 is 0.620 bits per heavy atom. The van der Waals surface area contributed by atoms with Crippen LogP contribution in [-0.2, 0) is 173 Å². The van der Waals surface area contributed by atoms with Gasteiger partial charge in [-0.1, -0.05) is 67.8 Å². The van der Waals surface area contributed by atoms with Crippen LogP contribution in [0.5, 0.6) is 11.5 Å².